The Morgan fingerprint density at radius 3 is 2.71 bits per heavy atom. The van der Waals surface area contributed by atoms with E-state index < -0.39 is 0 Å². The van der Waals surface area contributed by atoms with Gasteiger partial charge in [-0.15, -0.1) is 0 Å². The van der Waals surface area contributed by atoms with E-state index in [0.29, 0.717) is 0 Å². The lowest BCUT2D eigenvalue weighted by Crippen LogP contribution is -2.29. The van der Waals surface area contributed by atoms with E-state index in [4.69, 9.17) is 0 Å². The Bertz CT molecular complexity index is 256. The third-order valence-electron chi connectivity index (χ3n) is 3.26. The van der Waals surface area contributed by atoms with E-state index in [2.05, 4.69) is 36.0 Å². The number of unbranched alkanes of at least 4 members (excludes halogenated alkanes) is 3. The lowest BCUT2D eigenvalue weighted by atomic mass is 10.0. The molecule has 0 aliphatic carbocycles. The van der Waals surface area contributed by atoms with Crippen LogP contribution in [0.4, 0.5) is 0 Å². The molecule has 0 spiro atoms. The van der Waals surface area contributed by atoms with Crippen LogP contribution in [0.3, 0.4) is 0 Å². The summed E-state index contributed by atoms with van der Waals surface area (Å²) in [5, 5.41) is 8.08. The molecule has 1 unspecified atom stereocenters. The Kier molecular flexibility index (Phi) is 8.37. The largest absolute Gasteiger partial charge is 0.314 e. The Morgan fingerprint density at radius 2 is 2.06 bits per heavy atom. The van der Waals surface area contributed by atoms with E-state index >= 15 is 0 Å². The van der Waals surface area contributed by atoms with E-state index in [1.54, 1.807) is 0 Å². The molecule has 0 saturated heterocycles. The first-order valence-electron chi connectivity index (χ1n) is 7.11. The zero-order valence-electron chi connectivity index (χ0n) is 11.4. The van der Waals surface area contributed by atoms with Crippen LogP contribution < -0.4 is 5.32 Å². The molecule has 1 N–H and O–H groups in total. The summed E-state index contributed by atoms with van der Waals surface area (Å²) in [5.74, 6) is 0. The summed E-state index contributed by atoms with van der Waals surface area (Å²) >= 11 is 1.81. The molecule has 1 nitrogen and oxygen atoms in total. The molecule has 1 atom stereocenters. The highest BCUT2D eigenvalue weighted by Crippen LogP contribution is 2.13. The number of aryl methyl sites for hydroxylation is 1. The van der Waals surface area contributed by atoms with Crippen LogP contribution >= 0.6 is 11.3 Å². The Balaban J connectivity index is 2.17. The van der Waals surface area contributed by atoms with Crippen molar-refractivity contribution >= 4 is 11.3 Å². The normalized spacial score (nSPS) is 12.8. The molecule has 0 bridgehead atoms. The minimum Gasteiger partial charge on any atom is -0.314 e. The SMILES string of the molecule is CCCCCCC(CCc1ccsc1)NCC. The highest BCUT2D eigenvalue weighted by Gasteiger charge is 2.07. The predicted molar refractivity (Wildman–Crippen MR) is 78.9 cm³/mol. The van der Waals surface area contributed by atoms with E-state index in [9.17, 15) is 0 Å². The molecule has 1 aromatic heterocycles. The molecule has 0 fully saturated rings. The summed E-state index contributed by atoms with van der Waals surface area (Å²) in [6.45, 7) is 5.59. The minimum atomic E-state index is 0.719. The highest BCUT2D eigenvalue weighted by molar-refractivity contribution is 7.07. The molecule has 1 rings (SSSR count). The molecule has 0 saturated carbocycles. The molecule has 1 heterocycles. The van der Waals surface area contributed by atoms with Gasteiger partial charge >= 0.3 is 0 Å². The van der Waals surface area contributed by atoms with Gasteiger partial charge in [-0.1, -0.05) is 39.5 Å². The third kappa shape index (κ3) is 6.85. The Hall–Kier alpha value is -0.340. The van der Waals surface area contributed by atoms with Gasteiger partial charge in [0, 0.05) is 6.04 Å². The second-order valence-corrected chi connectivity index (χ2v) is 5.55. The topological polar surface area (TPSA) is 12.0 Å². The molecule has 17 heavy (non-hydrogen) atoms. The number of rotatable bonds is 10. The van der Waals surface area contributed by atoms with Crippen molar-refractivity contribution < 1.29 is 0 Å². The molecular weight excluding hydrogens is 226 g/mol. The van der Waals surface area contributed by atoms with Crippen LogP contribution in [0.25, 0.3) is 0 Å². The lowest BCUT2D eigenvalue weighted by molar-refractivity contribution is 0.441. The smallest absolute Gasteiger partial charge is 0.00701 e. The maximum Gasteiger partial charge on any atom is 0.00701 e. The average Bonchev–Trinajstić information content (AvgIpc) is 2.84. The minimum absolute atomic E-state index is 0.719. The fourth-order valence-electron chi connectivity index (χ4n) is 2.23. The summed E-state index contributed by atoms with van der Waals surface area (Å²) in [6.07, 6.45) is 9.37. The van der Waals surface area contributed by atoms with Crippen molar-refractivity contribution in [2.24, 2.45) is 0 Å². The first kappa shape index (κ1) is 14.7. The van der Waals surface area contributed by atoms with Gasteiger partial charge in [0.15, 0.2) is 0 Å². The predicted octanol–water partition coefficient (Wildman–Crippen LogP) is 4.63. The summed E-state index contributed by atoms with van der Waals surface area (Å²) < 4.78 is 0. The van der Waals surface area contributed by atoms with Gasteiger partial charge in [0.1, 0.15) is 0 Å². The van der Waals surface area contributed by atoms with Gasteiger partial charge in [0.25, 0.3) is 0 Å². The van der Waals surface area contributed by atoms with E-state index in [1.807, 2.05) is 11.3 Å². The van der Waals surface area contributed by atoms with Crippen LogP contribution in [0.15, 0.2) is 16.8 Å². The zero-order valence-corrected chi connectivity index (χ0v) is 12.2. The number of hydrogen-bond donors (Lipinski definition) is 1. The van der Waals surface area contributed by atoms with Crippen LogP contribution in [0, 0.1) is 0 Å². The first-order chi connectivity index (χ1) is 8.36. The van der Waals surface area contributed by atoms with Crippen LogP contribution in [0.5, 0.6) is 0 Å². The van der Waals surface area contributed by atoms with Crippen molar-refractivity contribution in [1.29, 1.82) is 0 Å². The molecule has 2 heteroatoms. The summed E-state index contributed by atoms with van der Waals surface area (Å²) in [5.41, 5.74) is 1.51. The van der Waals surface area contributed by atoms with Crippen LogP contribution in [0.1, 0.15) is 57.9 Å². The van der Waals surface area contributed by atoms with E-state index in [0.717, 1.165) is 12.6 Å². The fourth-order valence-corrected chi connectivity index (χ4v) is 2.93. The second-order valence-electron chi connectivity index (χ2n) is 4.77. The number of thiophene rings is 1. The van der Waals surface area contributed by atoms with Gasteiger partial charge in [0.2, 0.25) is 0 Å². The Labute approximate surface area is 111 Å². The Morgan fingerprint density at radius 1 is 1.18 bits per heavy atom. The van der Waals surface area contributed by atoms with Crippen LogP contribution in [0.2, 0.25) is 0 Å². The van der Waals surface area contributed by atoms with E-state index in [1.165, 1.54) is 50.5 Å². The first-order valence-corrected chi connectivity index (χ1v) is 8.05. The molecular formula is C15H27NS. The van der Waals surface area contributed by atoms with Crippen molar-refractivity contribution in [1.82, 2.24) is 5.32 Å². The number of hydrogen-bond acceptors (Lipinski definition) is 2. The van der Waals surface area contributed by atoms with Crippen molar-refractivity contribution in [2.45, 2.75) is 64.8 Å². The standard InChI is InChI=1S/C15H27NS/c1-3-5-6-7-8-15(16-4-2)10-9-14-11-12-17-13-14/h11-13,15-16H,3-10H2,1-2H3. The molecule has 0 aliphatic heterocycles. The molecule has 0 radical (unpaired) electrons. The summed E-state index contributed by atoms with van der Waals surface area (Å²) in [6, 6.07) is 2.97. The van der Waals surface area contributed by atoms with Crippen molar-refractivity contribution in [3.8, 4) is 0 Å². The van der Waals surface area contributed by atoms with Gasteiger partial charge in [-0.05, 0) is 48.2 Å². The van der Waals surface area contributed by atoms with Crippen LogP contribution in [-0.2, 0) is 6.42 Å². The zero-order chi connectivity index (χ0) is 12.3. The molecule has 1 aromatic rings. The van der Waals surface area contributed by atoms with Gasteiger partial charge in [-0.25, -0.2) is 0 Å². The van der Waals surface area contributed by atoms with Crippen molar-refractivity contribution in [3.05, 3.63) is 22.4 Å². The monoisotopic (exact) mass is 253 g/mol. The highest BCUT2D eigenvalue weighted by atomic mass is 32.1. The quantitative estimate of drug-likeness (QED) is 0.600. The van der Waals surface area contributed by atoms with Gasteiger partial charge in [-0.3, -0.25) is 0 Å². The van der Waals surface area contributed by atoms with Crippen molar-refractivity contribution in [3.63, 3.8) is 0 Å². The van der Waals surface area contributed by atoms with Gasteiger partial charge in [-0.2, -0.15) is 11.3 Å². The lowest BCUT2D eigenvalue weighted by Gasteiger charge is -2.17. The molecule has 0 aliphatic rings. The number of nitrogens with one attached hydrogen (secondary N) is 1. The average molecular weight is 253 g/mol. The third-order valence-corrected chi connectivity index (χ3v) is 3.99. The second kappa shape index (κ2) is 9.67. The fraction of sp³-hybridized carbons (Fsp3) is 0.733. The molecule has 0 aromatic carbocycles. The molecule has 98 valence electrons. The van der Waals surface area contributed by atoms with E-state index in [-0.39, 0.29) is 0 Å². The van der Waals surface area contributed by atoms with Gasteiger partial charge < -0.3 is 5.32 Å². The maximum absolute atomic E-state index is 3.63. The van der Waals surface area contributed by atoms with Crippen LogP contribution in [-0.4, -0.2) is 12.6 Å². The summed E-state index contributed by atoms with van der Waals surface area (Å²) in [4.78, 5) is 0. The van der Waals surface area contributed by atoms with Gasteiger partial charge in [0.05, 0.1) is 0 Å². The summed E-state index contributed by atoms with van der Waals surface area (Å²) in [7, 11) is 0. The molecule has 0 amide bonds. The maximum atomic E-state index is 3.63. The van der Waals surface area contributed by atoms with Crippen molar-refractivity contribution in [2.75, 3.05) is 6.54 Å².